The second-order valence-corrected chi connectivity index (χ2v) is 6.61. The van der Waals surface area contributed by atoms with Crippen molar-refractivity contribution in [2.24, 2.45) is 5.84 Å². The van der Waals surface area contributed by atoms with Crippen molar-refractivity contribution in [3.05, 3.63) is 16.4 Å². The summed E-state index contributed by atoms with van der Waals surface area (Å²) >= 11 is 3.64. The summed E-state index contributed by atoms with van der Waals surface area (Å²) in [5, 5.41) is 4.48. The molecule has 1 aliphatic carbocycles. The van der Waals surface area contributed by atoms with Crippen molar-refractivity contribution in [3.63, 3.8) is 0 Å². The van der Waals surface area contributed by atoms with Crippen LogP contribution in [0.2, 0.25) is 0 Å². The normalized spacial score (nSPS) is 19.6. The fourth-order valence-corrected chi connectivity index (χ4v) is 4.01. The Morgan fingerprint density at radius 3 is 2.71 bits per heavy atom. The van der Waals surface area contributed by atoms with Gasteiger partial charge in [0.15, 0.2) is 0 Å². The van der Waals surface area contributed by atoms with Gasteiger partial charge in [0.2, 0.25) is 0 Å². The van der Waals surface area contributed by atoms with E-state index in [1.807, 2.05) is 10.9 Å². The van der Waals surface area contributed by atoms with Gasteiger partial charge in [-0.3, -0.25) is 10.5 Å². The highest BCUT2D eigenvalue weighted by molar-refractivity contribution is 9.10. The van der Waals surface area contributed by atoms with Crippen LogP contribution in [0.3, 0.4) is 0 Å². The summed E-state index contributed by atoms with van der Waals surface area (Å²) in [6.07, 6.45) is 8.65. The molecule has 3 N–H and O–H groups in total. The largest absolute Gasteiger partial charge is 0.373 e. The van der Waals surface area contributed by atoms with Crippen molar-refractivity contribution in [2.75, 3.05) is 6.61 Å². The first-order valence-corrected chi connectivity index (χ1v) is 8.79. The number of nitrogens with two attached hydrogens (primary N) is 1. The summed E-state index contributed by atoms with van der Waals surface area (Å²) in [5.41, 5.74) is 3.90. The second kappa shape index (κ2) is 7.72. The van der Waals surface area contributed by atoms with Crippen molar-refractivity contribution >= 4 is 15.9 Å². The third kappa shape index (κ3) is 3.50. The SMILES string of the molecule is CCCn1ncc(Br)c1C(NN)C1(OCC)CCCCC1. The molecule has 1 atom stereocenters. The van der Waals surface area contributed by atoms with Gasteiger partial charge in [0, 0.05) is 13.2 Å². The van der Waals surface area contributed by atoms with Crippen LogP contribution in [-0.2, 0) is 11.3 Å². The molecular formula is C15H27BrN4O. The van der Waals surface area contributed by atoms with Crippen LogP contribution in [0.1, 0.15) is 64.1 Å². The lowest BCUT2D eigenvalue weighted by Gasteiger charge is -2.43. The minimum absolute atomic E-state index is 0.0406. The number of aromatic nitrogens is 2. The molecule has 1 unspecified atom stereocenters. The number of nitrogens with one attached hydrogen (secondary N) is 1. The maximum Gasteiger partial charge on any atom is 0.0929 e. The molecule has 0 radical (unpaired) electrons. The molecule has 1 saturated carbocycles. The van der Waals surface area contributed by atoms with Crippen molar-refractivity contribution in [1.29, 1.82) is 0 Å². The van der Waals surface area contributed by atoms with Crippen LogP contribution < -0.4 is 11.3 Å². The molecule has 5 nitrogen and oxygen atoms in total. The molecule has 0 aromatic carbocycles. The molecule has 1 aromatic rings. The Kier molecular flexibility index (Phi) is 6.22. The Morgan fingerprint density at radius 2 is 2.14 bits per heavy atom. The second-order valence-electron chi connectivity index (χ2n) is 5.76. The van der Waals surface area contributed by atoms with Gasteiger partial charge in [0.05, 0.1) is 28.0 Å². The quantitative estimate of drug-likeness (QED) is 0.579. The van der Waals surface area contributed by atoms with Crippen LogP contribution in [0.25, 0.3) is 0 Å². The first kappa shape index (κ1) is 16.9. The predicted molar refractivity (Wildman–Crippen MR) is 87.7 cm³/mol. The van der Waals surface area contributed by atoms with Crippen LogP contribution in [0.15, 0.2) is 10.7 Å². The average molecular weight is 359 g/mol. The molecule has 0 amide bonds. The molecule has 1 aliphatic rings. The highest BCUT2D eigenvalue weighted by Crippen LogP contribution is 2.43. The van der Waals surface area contributed by atoms with Crippen LogP contribution >= 0.6 is 15.9 Å². The fourth-order valence-electron chi connectivity index (χ4n) is 3.48. The van der Waals surface area contributed by atoms with Gasteiger partial charge in [0.25, 0.3) is 0 Å². The Bertz CT molecular complexity index is 437. The van der Waals surface area contributed by atoms with Gasteiger partial charge < -0.3 is 4.74 Å². The number of hydrogen-bond acceptors (Lipinski definition) is 4. The lowest BCUT2D eigenvalue weighted by atomic mass is 9.78. The molecule has 1 fully saturated rings. The maximum atomic E-state index is 6.23. The number of hydrazine groups is 1. The van der Waals surface area contributed by atoms with E-state index in [2.05, 4.69) is 40.3 Å². The smallest absolute Gasteiger partial charge is 0.0929 e. The number of hydrogen-bond donors (Lipinski definition) is 2. The zero-order chi connectivity index (χ0) is 15.3. The number of rotatable bonds is 7. The minimum Gasteiger partial charge on any atom is -0.373 e. The van der Waals surface area contributed by atoms with Crippen LogP contribution in [0.4, 0.5) is 0 Å². The summed E-state index contributed by atoms with van der Waals surface area (Å²) in [6.45, 7) is 5.81. The summed E-state index contributed by atoms with van der Waals surface area (Å²) in [7, 11) is 0. The number of nitrogens with zero attached hydrogens (tertiary/aromatic N) is 2. The molecule has 0 spiro atoms. The number of aryl methyl sites for hydroxylation is 1. The van der Waals surface area contributed by atoms with Gasteiger partial charge in [-0.2, -0.15) is 5.10 Å². The zero-order valence-corrected chi connectivity index (χ0v) is 14.7. The van der Waals surface area contributed by atoms with E-state index < -0.39 is 0 Å². The predicted octanol–water partition coefficient (Wildman–Crippen LogP) is 3.30. The van der Waals surface area contributed by atoms with Crippen molar-refractivity contribution in [2.45, 2.75) is 70.6 Å². The van der Waals surface area contributed by atoms with Gasteiger partial charge in [-0.15, -0.1) is 0 Å². The Balaban J connectivity index is 2.38. The first-order chi connectivity index (χ1) is 10.2. The summed E-state index contributed by atoms with van der Waals surface area (Å²) in [5.74, 6) is 5.95. The zero-order valence-electron chi connectivity index (χ0n) is 13.1. The van der Waals surface area contributed by atoms with Crippen LogP contribution in [0.5, 0.6) is 0 Å². The van der Waals surface area contributed by atoms with E-state index >= 15 is 0 Å². The van der Waals surface area contributed by atoms with Gasteiger partial charge in [-0.05, 0) is 42.1 Å². The van der Waals surface area contributed by atoms with Gasteiger partial charge in [-0.1, -0.05) is 26.2 Å². The summed E-state index contributed by atoms with van der Waals surface area (Å²) in [4.78, 5) is 0. The topological polar surface area (TPSA) is 65.1 Å². The number of ether oxygens (including phenoxy) is 1. The van der Waals surface area contributed by atoms with E-state index in [4.69, 9.17) is 10.6 Å². The van der Waals surface area contributed by atoms with Crippen LogP contribution in [-0.4, -0.2) is 22.0 Å². The highest BCUT2D eigenvalue weighted by atomic mass is 79.9. The lowest BCUT2D eigenvalue weighted by Crippen LogP contribution is -2.50. The Labute approximate surface area is 135 Å². The molecule has 1 aromatic heterocycles. The molecule has 6 heteroatoms. The lowest BCUT2D eigenvalue weighted by molar-refractivity contribution is -0.0932. The molecule has 0 bridgehead atoms. The molecule has 2 rings (SSSR count). The van der Waals surface area contributed by atoms with E-state index in [1.54, 1.807) is 0 Å². The van der Waals surface area contributed by atoms with Gasteiger partial charge in [-0.25, -0.2) is 5.43 Å². The molecule has 0 aliphatic heterocycles. The van der Waals surface area contributed by atoms with Gasteiger partial charge in [0.1, 0.15) is 0 Å². The van der Waals surface area contributed by atoms with Crippen LogP contribution in [0, 0.1) is 0 Å². The summed E-state index contributed by atoms with van der Waals surface area (Å²) in [6, 6.07) is -0.0406. The Morgan fingerprint density at radius 1 is 1.43 bits per heavy atom. The molecule has 21 heavy (non-hydrogen) atoms. The van der Waals surface area contributed by atoms with Gasteiger partial charge >= 0.3 is 0 Å². The molecule has 0 saturated heterocycles. The summed E-state index contributed by atoms with van der Waals surface area (Å²) < 4.78 is 9.28. The van der Waals surface area contributed by atoms with E-state index in [1.165, 1.54) is 19.3 Å². The monoisotopic (exact) mass is 358 g/mol. The van der Waals surface area contributed by atoms with E-state index in [0.29, 0.717) is 6.61 Å². The molecule has 120 valence electrons. The highest BCUT2D eigenvalue weighted by Gasteiger charge is 2.43. The fraction of sp³-hybridized carbons (Fsp3) is 0.800. The van der Waals surface area contributed by atoms with E-state index in [-0.39, 0.29) is 11.6 Å². The third-order valence-electron chi connectivity index (χ3n) is 4.37. The standard InChI is InChI=1S/C15H27BrN4O/c1-3-10-20-13(12(16)11-18-20)14(19-17)15(21-4-2)8-6-5-7-9-15/h11,14,19H,3-10,17H2,1-2H3. The van der Waals surface area contributed by atoms with E-state index in [0.717, 1.165) is 36.0 Å². The van der Waals surface area contributed by atoms with Crippen molar-refractivity contribution < 1.29 is 4.74 Å². The van der Waals surface area contributed by atoms with E-state index in [9.17, 15) is 0 Å². The maximum absolute atomic E-state index is 6.23. The number of halogens is 1. The van der Waals surface area contributed by atoms with Crippen molar-refractivity contribution in [3.8, 4) is 0 Å². The van der Waals surface area contributed by atoms with Crippen molar-refractivity contribution in [1.82, 2.24) is 15.2 Å². The average Bonchev–Trinajstić information content (AvgIpc) is 2.83. The minimum atomic E-state index is -0.226. The third-order valence-corrected chi connectivity index (χ3v) is 4.98. The first-order valence-electron chi connectivity index (χ1n) is 7.99. The Hall–Kier alpha value is -0.430. The molecular weight excluding hydrogens is 332 g/mol. The molecule has 1 heterocycles.